The average Bonchev–Trinajstić information content (AvgIpc) is 2.65. The summed E-state index contributed by atoms with van der Waals surface area (Å²) in [5.74, 6) is 0. The molecule has 2 amide bonds. The molecule has 11 heavy (non-hydrogen) atoms. The lowest BCUT2D eigenvalue weighted by Crippen LogP contribution is -2.41. The minimum Gasteiger partial charge on any atom is -0.336 e. The number of nitrogens with one attached hydrogen (secondary N) is 1. The second kappa shape index (κ2) is 3.11. The molecule has 0 bridgehead atoms. The zero-order valence-electron chi connectivity index (χ0n) is 7.42. The zero-order chi connectivity index (χ0) is 8.43. The van der Waals surface area contributed by atoms with Crippen LogP contribution in [-0.2, 0) is 0 Å². The van der Waals surface area contributed by atoms with E-state index in [-0.39, 0.29) is 12.1 Å². The van der Waals surface area contributed by atoms with Gasteiger partial charge < -0.3 is 10.2 Å². The van der Waals surface area contributed by atoms with E-state index in [0.29, 0.717) is 6.04 Å². The quantitative estimate of drug-likeness (QED) is 0.640. The van der Waals surface area contributed by atoms with Gasteiger partial charge >= 0.3 is 6.03 Å². The Hall–Kier alpha value is -0.730. The Morgan fingerprint density at radius 3 is 2.45 bits per heavy atom. The predicted octanol–water partition coefficient (Wildman–Crippen LogP) is 1.20. The fraction of sp³-hybridized carbons (Fsp3) is 0.875. The summed E-state index contributed by atoms with van der Waals surface area (Å²) in [4.78, 5) is 13.0. The third-order valence-corrected chi connectivity index (χ3v) is 1.83. The van der Waals surface area contributed by atoms with Crippen molar-refractivity contribution in [1.29, 1.82) is 0 Å². The topological polar surface area (TPSA) is 32.3 Å². The second-order valence-electron chi connectivity index (χ2n) is 3.45. The van der Waals surface area contributed by atoms with Gasteiger partial charge in [-0.3, -0.25) is 0 Å². The van der Waals surface area contributed by atoms with Crippen LogP contribution in [0, 0.1) is 0 Å². The van der Waals surface area contributed by atoms with Crippen molar-refractivity contribution in [2.75, 3.05) is 7.05 Å². The minimum atomic E-state index is 0.0579. The zero-order valence-corrected chi connectivity index (χ0v) is 7.42. The van der Waals surface area contributed by atoms with E-state index in [1.165, 1.54) is 12.8 Å². The molecule has 1 aliphatic rings. The van der Waals surface area contributed by atoms with Gasteiger partial charge in [-0.15, -0.1) is 0 Å². The molecule has 0 heterocycles. The Balaban J connectivity index is 2.27. The Morgan fingerprint density at radius 1 is 1.55 bits per heavy atom. The number of carbonyl (C=O) groups is 1. The van der Waals surface area contributed by atoms with Crippen molar-refractivity contribution < 1.29 is 4.79 Å². The summed E-state index contributed by atoms with van der Waals surface area (Å²) in [5.41, 5.74) is 0. The van der Waals surface area contributed by atoms with Crippen LogP contribution < -0.4 is 5.32 Å². The minimum absolute atomic E-state index is 0.0579. The SMILES string of the molecule is CC(C)NC(=O)N(C)C1CC1. The number of hydrogen-bond donors (Lipinski definition) is 1. The van der Waals surface area contributed by atoms with Crippen LogP contribution in [0.15, 0.2) is 0 Å². The Labute approximate surface area is 67.8 Å². The van der Waals surface area contributed by atoms with E-state index >= 15 is 0 Å². The first-order valence-corrected chi connectivity index (χ1v) is 4.14. The number of nitrogens with zero attached hydrogens (tertiary/aromatic N) is 1. The Kier molecular flexibility index (Phi) is 2.37. The normalized spacial score (nSPS) is 16.7. The van der Waals surface area contributed by atoms with Crippen molar-refractivity contribution in [3.63, 3.8) is 0 Å². The van der Waals surface area contributed by atoms with E-state index in [2.05, 4.69) is 5.32 Å². The molecule has 1 fully saturated rings. The summed E-state index contributed by atoms with van der Waals surface area (Å²) in [6.45, 7) is 3.94. The molecule has 0 atom stereocenters. The van der Waals surface area contributed by atoms with Crippen molar-refractivity contribution >= 4 is 6.03 Å². The molecule has 0 radical (unpaired) electrons. The molecule has 3 heteroatoms. The lowest BCUT2D eigenvalue weighted by Gasteiger charge is -2.18. The highest BCUT2D eigenvalue weighted by Gasteiger charge is 2.29. The van der Waals surface area contributed by atoms with Gasteiger partial charge in [-0.05, 0) is 26.7 Å². The van der Waals surface area contributed by atoms with Crippen molar-refractivity contribution in [2.45, 2.75) is 38.8 Å². The highest BCUT2D eigenvalue weighted by molar-refractivity contribution is 5.74. The molecule has 1 saturated carbocycles. The van der Waals surface area contributed by atoms with E-state index in [1.54, 1.807) is 4.90 Å². The molecular formula is C8H16N2O. The molecule has 1 N–H and O–H groups in total. The average molecular weight is 156 g/mol. The van der Waals surface area contributed by atoms with E-state index < -0.39 is 0 Å². The van der Waals surface area contributed by atoms with Crippen LogP contribution in [-0.4, -0.2) is 30.1 Å². The molecule has 0 unspecified atom stereocenters. The molecule has 1 rings (SSSR count). The van der Waals surface area contributed by atoms with Gasteiger partial charge in [-0.2, -0.15) is 0 Å². The number of hydrogen-bond acceptors (Lipinski definition) is 1. The Bertz CT molecular complexity index is 152. The van der Waals surface area contributed by atoms with E-state index in [0.717, 1.165) is 0 Å². The highest BCUT2D eigenvalue weighted by Crippen LogP contribution is 2.25. The maximum Gasteiger partial charge on any atom is 0.317 e. The van der Waals surface area contributed by atoms with Gasteiger partial charge in [0.05, 0.1) is 0 Å². The van der Waals surface area contributed by atoms with Crippen LogP contribution in [0.2, 0.25) is 0 Å². The lowest BCUT2D eigenvalue weighted by molar-refractivity contribution is 0.204. The summed E-state index contributed by atoms with van der Waals surface area (Å²) < 4.78 is 0. The maximum atomic E-state index is 11.2. The number of carbonyl (C=O) groups excluding carboxylic acids is 1. The van der Waals surface area contributed by atoms with Gasteiger partial charge in [0, 0.05) is 19.1 Å². The van der Waals surface area contributed by atoms with Crippen molar-refractivity contribution in [2.24, 2.45) is 0 Å². The molecule has 0 aromatic carbocycles. The summed E-state index contributed by atoms with van der Waals surface area (Å²) in [5, 5.41) is 2.85. The van der Waals surface area contributed by atoms with Gasteiger partial charge in [0.2, 0.25) is 0 Å². The number of amides is 2. The van der Waals surface area contributed by atoms with Gasteiger partial charge in [0.25, 0.3) is 0 Å². The number of urea groups is 1. The summed E-state index contributed by atoms with van der Waals surface area (Å²) in [6, 6.07) is 0.806. The van der Waals surface area contributed by atoms with Crippen LogP contribution >= 0.6 is 0 Å². The second-order valence-corrected chi connectivity index (χ2v) is 3.45. The van der Waals surface area contributed by atoms with Crippen LogP contribution in [0.4, 0.5) is 4.79 Å². The summed E-state index contributed by atoms with van der Waals surface area (Å²) in [6.07, 6.45) is 2.34. The van der Waals surface area contributed by atoms with Crippen LogP contribution in [0.5, 0.6) is 0 Å². The fourth-order valence-corrected chi connectivity index (χ4v) is 0.976. The van der Waals surface area contributed by atoms with Gasteiger partial charge in [0.15, 0.2) is 0 Å². The van der Waals surface area contributed by atoms with Crippen LogP contribution in [0.1, 0.15) is 26.7 Å². The first-order valence-electron chi connectivity index (χ1n) is 4.14. The molecule has 0 aromatic heterocycles. The van der Waals surface area contributed by atoms with Crippen molar-refractivity contribution in [1.82, 2.24) is 10.2 Å². The van der Waals surface area contributed by atoms with Crippen LogP contribution in [0.3, 0.4) is 0 Å². The van der Waals surface area contributed by atoms with Crippen molar-refractivity contribution in [3.05, 3.63) is 0 Å². The predicted molar refractivity (Wildman–Crippen MR) is 44.5 cm³/mol. The summed E-state index contributed by atoms with van der Waals surface area (Å²) in [7, 11) is 1.86. The maximum absolute atomic E-state index is 11.2. The molecule has 3 nitrogen and oxygen atoms in total. The standard InChI is InChI=1S/C8H16N2O/c1-6(2)9-8(11)10(3)7-4-5-7/h6-7H,4-5H2,1-3H3,(H,9,11). The fourth-order valence-electron chi connectivity index (χ4n) is 0.976. The third-order valence-electron chi connectivity index (χ3n) is 1.83. The van der Waals surface area contributed by atoms with Crippen molar-refractivity contribution in [3.8, 4) is 0 Å². The molecule has 0 saturated heterocycles. The van der Waals surface area contributed by atoms with E-state index in [4.69, 9.17) is 0 Å². The van der Waals surface area contributed by atoms with Crippen LogP contribution in [0.25, 0.3) is 0 Å². The molecule has 0 spiro atoms. The highest BCUT2D eigenvalue weighted by atomic mass is 16.2. The lowest BCUT2D eigenvalue weighted by atomic mass is 10.4. The smallest absolute Gasteiger partial charge is 0.317 e. The van der Waals surface area contributed by atoms with E-state index in [1.807, 2.05) is 20.9 Å². The molecular weight excluding hydrogens is 140 g/mol. The van der Waals surface area contributed by atoms with Gasteiger partial charge in [-0.1, -0.05) is 0 Å². The third kappa shape index (κ3) is 2.41. The molecule has 64 valence electrons. The van der Waals surface area contributed by atoms with E-state index in [9.17, 15) is 4.79 Å². The first-order chi connectivity index (χ1) is 5.11. The number of rotatable bonds is 2. The molecule has 0 aliphatic heterocycles. The first kappa shape index (κ1) is 8.37. The monoisotopic (exact) mass is 156 g/mol. The molecule has 1 aliphatic carbocycles. The summed E-state index contributed by atoms with van der Waals surface area (Å²) >= 11 is 0. The van der Waals surface area contributed by atoms with Gasteiger partial charge in [0.1, 0.15) is 0 Å². The van der Waals surface area contributed by atoms with Gasteiger partial charge in [-0.25, -0.2) is 4.79 Å². The molecule has 0 aromatic rings. The Morgan fingerprint density at radius 2 is 2.09 bits per heavy atom. The largest absolute Gasteiger partial charge is 0.336 e.